The Hall–Kier alpha value is -0.940. The fourth-order valence-corrected chi connectivity index (χ4v) is 1.70. The minimum atomic E-state index is 0.588. The van der Waals surface area contributed by atoms with Gasteiger partial charge in [-0.15, -0.1) is 5.10 Å². The van der Waals surface area contributed by atoms with Crippen molar-refractivity contribution in [3.05, 3.63) is 11.9 Å². The topological polar surface area (TPSA) is 60.0 Å². The van der Waals surface area contributed by atoms with Crippen LogP contribution in [0, 0.1) is 0 Å². The smallest absolute Gasteiger partial charge is 0.0967 e. The van der Waals surface area contributed by atoms with Gasteiger partial charge >= 0.3 is 0 Å². The molecule has 0 radical (unpaired) electrons. The molecule has 1 rings (SSSR count). The van der Waals surface area contributed by atoms with Crippen LogP contribution in [0.3, 0.4) is 0 Å². The standard InChI is InChI=1S/C11H23N5/c1-4-5-10(2)15(3)8-11-9-16(7-6-12)14-13-11/h9-10H,4-8,12H2,1-3H3. The number of aromatic nitrogens is 3. The van der Waals surface area contributed by atoms with Crippen molar-refractivity contribution in [3.63, 3.8) is 0 Å². The van der Waals surface area contributed by atoms with E-state index in [2.05, 4.69) is 36.1 Å². The van der Waals surface area contributed by atoms with Gasteiger partial charge in [-0.05, 0) is 20.4 Å². The monoisotopic (exact) mass is 225 g/mol. The Labute approximate surface area is 97.6 Å². The predicted molar refractivity (Wildman–Crippen MR) is 64.9 cm³/mol. The molecule has 0 fully saturated rings. The lowest BCUT2D eigenvalue weighted by atomic mass is 10.2. The molecule has 2 N–H and O–H groups in total. The minimum Gasteiger partial charge on any atom is -0.329 e. The first-order valence-electron chi connectivity index (χ1n) is 5.96. The quantitative estimate of drug-likeness (QED) is 0.747. The summed E-state index contributed by atoms with van der Waals surface area (Å²) >= 11 is 0. The van der Waals surface area contributed by atoms with E-state index in [0.29, 0.717) is 12.6 Å². The van der Waals surface area contributed by atoms with Crippen molar-refractivity contribution in [3.8, 4) is 0 Å². The molecule has 1 aromatic heterocycles. The Morgan fingerprint density at radius 2 is 2.31 bits per heavy atom. The second-order valence-electron chi connectivity index (χ2n) is 4.31. The Morgan fingerprint density at radius 1 is 1.56 bits per heavy atom. The summed E-state index contributed by atoms with van der Waals surface area (Å²) in [6, 6.07) is 0.588. The van der Waals surface area contributed by atoms with Gasteiger partial charge in [-0.3, -0.25) is 9.58 Å². The van der Waals surface area contributed by atoms with Crippen molar-refractivity contribution in [1.29, 1.82) is 0 Å². The van der Waals surface area contributed by atoms with E-state index in [-0.39, 0.29) is 0 Å². The molecule has 0 saturated heterocycles. The van der Waals surface area contributed by atoms with Gasteiger partial charge in [0.25, 0.3) is 0 Å². The highest BCUT2D eigenvalue weighted by molar-refractivity contribution is 4.92. The second kappa shape index (κ2) is 6.60. The van der Waals surface area contributed by atoms with E-state index >= 15 is 0 Å². The molecular weight excluding hydrogens is 202 g/mol. The molecule has 0 bridgehead atoms. The van der Waals surface area contributed by atoms with Gasteiger partial charge in [0.05, 0.1) is 12.2 Å². The summed E-state index contributed by atoms with van der Waals surface area (Å²) < 4.78 is 1.80. The average Bonchev–Trinajstić information content (AvgIpc) is 2.66. The lowest BCUT2D eigenvalue weighted by Crippen LogP contribution is -2.28. The molecule has 0 aliphatic carbocycles. The molecule has 5 heteroatoms. The average molecular weight is 225 g/mol. The summed E-state index contributed by atoms with van der Waals surface area (Å²) in [6.45, 7) is 6.65. The first-order chi connectivity index (χ1) is 7.67. The zero-order valence-corrected chi connectivity index (χ0v) is 10.6. The Morgan fingerprint density at radius 3 is 2.94 bits per heavy atom. The van der Waals surface area contributed by atoms with Crippen molar-refractivity contribution in [2.45, 2.75) is 45.8 Å². The van der Waals surface area contributed by atoms with Crippen LogP contribution >= 0.6 is 0 Å². The maximum absolute atomic E-state index is 5.46. The Kier molecular flexibility index (Phi) is 5.42. The SMILES string of the molecule is CCCC(C)N(C)Cc1cn(CCN)nn1. The van der Waals surface area contributed by atoms with Crippen LogP contribution in [0.4, 0.5) is 0 Å². The van der Waals surface area contributed by atoms with Crippen molar-refractivity contribution in [2.75, 3.05) is 13.6 Å². The van der Waals surface area contributed by atoms with Crippen LogP contribution in [0.2, 0.25) is 0 Å². The highest BCUT2D eigenvalue weighted by atomic mass is 15.4. The zero-order chi connectivity index (χ0) is 12.0. The first kappa shape index (κ1) is 13.1. The van der Waals surface area contributed by atoms with Gasteiger partial charge in [0.2, 0.25) is 0 Å². The van der Waals surface area contributed by atoms with Crippen LogP contribution in [-0.4, -0.2) is 39.5 Å². The fourth-order valence-electron chi connectivity index (χ4n) is 1.70. The van der Waals surface area contributed by atoms with E-state index in [4.69, 9.17) is 5.73 Å². The van der Waals surface area contributed by atoms with Crippen LogP contribution in [0.25, 0.3) is 0 Å². The minimum absolute atomic E-state index is 0.588. The van der Waals surface area contributed by atoms with Gasteiger partial charge in [-0.25, -0.2) is 0 Å². The van der Waals surface area contributed by atoms with Gasteiger partial charge in [0.15, 0.2) is 0 Å². The van der Waals surface area contributed by atoms with Gasteiger partial charge in [0.1, 0.15) is 0 Å². The van der Waals surface area contributed by atoms with Gasteiger partial charge in [-0.2, -0.15) is 0 Å². The zero-order valence-electron chi connectivity index (χ0n) is 10.6. The number of hydrogen-bond acceptors (Lipinski definition) is 4. The Bertz CT molecular complexity index is 296. The molecule has 16 heavy (non-hydrogen) atoms. The van der Waals surface area contributed by atoms with Crippen LogP contribution < -0.4 is 5.73 Å². The largest absolute Gasteiger partial charge is 0.329 e. The third-order valence-corrected chi connectivity index (χ3v) is 2.81. The molecule has 1 unspecified atom stereocenters. The molecule has 92 valence electrons. The molecule has 0 saturated carbocycles. The summed E-state index contributed by atoms with van der Waals surface area (Å²) in [4.78, 5) is 2.31. The molecule has 1 aromatic rings. The summed E-state index contributed by atoms with van der Waals surface area (Å²) in [7, 11) is 2.13. The molecule has 0 spiro atoms. The van der Waals surface area contributed by atoms with Gasteiger partial charge in [-0.1, -0.05) is 18.6 Å². The van der Waals surface area contributed by atoms with Crippen LogP contribution in [0.15, 0.2) is 6.20 Å². The predicted octanol–water partition coefficient (Wildman–Crippen LogP) is 0.857. The third-order valence-electron chi connectivity index (χ3n) is 2.81. The second-order valence-corrected chi connectivity index (χ2v) is 4.31. The highest BCUT2D eigenvalue weighted by Gasteiger charge is 2.10. The molecule has 0 amide bonds. The number of nitrogens with zero attached hydrogens (tertiary/aromatic N) is 4. The first-order valence-corrected chi connectivity index (χ1v) is 5.96. The van der Waals surface area contributed by atoms with E-state index in [1.54, 1.807) is 4.68 Å². The molecule has 0 aromatic carbocycles. The summed E-state index contributed by atoms with van der Waals surface area (Å²) in [5, 5.41) is 8.16. The van der Waals surface area contributed by atoms with Crippen molar-refractivity contribution < 1.29 is 0 Å². The van der Waals surface area contributed by atoms with Crippen LogP contribution in [0.1, 0.15) is 32.4 Å². The Balaban J connectivity index is 2.45. The highest BCUT2D eigenvalue weighted by Crippen LogP contribution is 2.07. The van der Waals surface area contributed by atoms with Crippen molar-refractivity contribution in [1.82, 2.24) is 19.9 Å². The normalized spacial score (nSPS) is 13.3. The van der Waals surface area contributed by atoms with Gasteiger partial charge in [0, 0.05) is 25.3 Å². The van der Waals surface area contributed by atoms with E-state index < -0.39 is 0 Å². The summed E-state index contributed by atoms with van der Waals surface area (Å²) in [5.74, 6) is 0. The van der Waals surface area contributed by atoms with E-state index in [1.807, 2.05) is 6.20 Å². The molecule has 0 aliphatic rings. The number of rotatable bonds is 7. The van der Waals surface area contributed by atoms with E-state index in [9.17, 15) is 0 Å². The van der Waals surface area contributed by atoms with E-state index in [1.165, 1.54) is 12.8 Å². The van der Waals surface area contributed by atoms with Crippen LogP contribution in [0.5, 0.6) is 0 Å². The van der Waals surface area contributed by atoms with E-state index in [0.717, 1.165) is 18.8 Å². The van der Waals surface area contributed by atoms with Gasteiger partial charge < -0.3 is 5.73 Å². The number of hydrogen-bond donors (Lipinski definition) is 1. The molecule has 0 aliphatic heterocycles. The number of nitrogens with two attached hydrogens (primary N) is 1. The maximum Gasteiger partial charge on any atom is 0.0967 e. The lowest BCUT2D eigenvalue weighted by molar-refractivity contribution is 0.234. The van der Waals surface area contributed by atoms with Crippen molar-refractivity contribution >= 4 is 0 Å². The fraction of sp³-hybridized carbons (Fsp3) is 0.818. The molecule has 1 atom stereocenters. The third kappa shape index (κ3) is 3.90. The lowest BCUT2D eigenvalue weighted by Gasteiger charge is -2.22. The molecule has 1 heterocycles. The van der Waals surface area contributed by atoms with Crippen molar-refractivity contribution in [2.24, 2.45) is 5.73 Å². The maximum atomic E-state index is 5.46. The summed E-state index contributed by atoms with van der Waals surface area (Å²) in [6.07, 6.45) is 4.40. The van der Waals surface area contributed by atoms with Crippen LogP contribution in [-0.2, 0) is 13.1 Å². The molecule has 5 nitrogen and oxygen atoms in total. The molecular formula is C11H23N5. The summed E-state index contributed by atoms with van der Waals surface area (Å²) in [5.41, 5.74) is 6.47.